The fraction of sp³-hybridized carbons (Fsp3) is 0.500. The van der Waals surface area contributed by atoms with Crippen molar-refractivity contribution in [3.63, 3.8) is 0 Å². The number of amides is 1. The molecule has 2 N–H and O–H groups in total. The highest BCUT2D eigenvalue weighted by molar-refractivity contribution is 5.94. The van der Waals surface area contributed by atoms with E-state index in [0.29, 0.717) is 13.2 Å². The minimum atomic E-state index is 0.00111. The molecule has 0 unspecified atom stereocenters. The largest absolute Gasteiger partial charge is 0.382 e. The van der Waals surface area contributed by atoms with E-state index in [1.807, 2.05) is 25.1 Å². The lowest BCUT2D eigenvalue weighted by Gasteiger charge is -2.06. The summed E-state index contributed by atoms with van der Waals surface area (Å²) in [4.78, 5) is 11.9. The number of carbonyl (C=O) groups is 1. The molecule has 0 saturated carbocycles. The average molecular weight is 248 g/mol. The molecule has 0 aliphatic carbocycles. The van der Waals surface area contributed by atoms with Gasteiger partial charge in [-0.05, 0) is 36.6 Å². The molecular formula is C14H20N2O2. The topological polar surface area (TPSA) is 50.4 Å². The Bertz CT molecular complexity index is 418. The van der Waals surface area contributed by atoms with Gasteiger partial charge in [0.05, 0.1) is 0 Å². The maximum atomic E-state index is 11.9. The highest BCUT2D eigenvalue weighted by Crippen LogP contribution is 2.16. The lowest BCUT2D eigenvalue weighted by molar-refractivity contribution is 0.0944. The summed E-state index contributed by atoms with van der Waals surface area (Å²) in [7, 11) is 0. The lowest BCUT2D eigenvalue weighted by Crippen LogP contribution is -2.25. The summed E-state index contributed by atoms with van der Waals surface area (Å²) in [5.74, 6) is 0.00111. The Morgan fingerprint density at radius 2 is 2.22 bits per heavy atom. The Morgan fingerprint density at radius 3 is 3.06 bits per heavy atom. The smallest absolute Gasteiger partial charge is 0.251 e. The average Bonchev–Trinajstić information content (AvgIpc) is 2.85. The molecule has 4 heteroatoms. The molecule has 98 valence electrons. The van der Waals surface area contributed by atoms with E-state index in [0.717, 1.165) is 31.7 Å². The number of rotatable bonds is 6. The fourth-order valence-electron chi connectivity index (χ4n) is 2.06. The van der Waals surface area contributed by atoms with Crippen molar-refractivity contribution in [3.05, 3.63) is 34.9 Å². The van der Waals surface area contributed by atoms with Crippen LogP contribution in [-0.2, 0) is 17.8 Å². The van der Waals surface area contributed by atoms with Gasteiger partial charge in [-0.1, -0.05) is 6.07 Å². The van der Waals surface area contributed by atoms with Crippen molar-refractivity contribution in [2.24, 2.45) is 0 Å². The molecule has 0 aromatic heterocycles. The maximum absolute atomic E-state index is 11.9. The molecule has 4 nitrogen and oxygen atoms in total. The zero-order valence-electron chi connectivity index (χ0n) is 10.8. The molecule has 0 fully saturated rings. The molecule has 1 aliphatic heterocycles. The summed E-state index contributed by atoms with van der Waals surface area (Å²) >= 11 is 0. The van der Waals surface area contributed by atoms with Crippen molar-refractivity contribution in [2.45, 2.75) is 26.4 Å². The monoisotopic (exact) mass is 248 g/mol. The number of ether oxygens (including phenoxy) is 1. The van der Waals surface area contributed by atoms with Gasteiger partial charge in [0.15, 0.2) is 0 Å². The van der Waals surface area contributed by atoms with Crippen LogP contribution in [0, 0.1) is 0 Å². The van der Waals surface area contributed by atoms with Gasteiger partial charge >= 0.3 is 0 Å². The molecule has 1 aromatic carbocycles. The van der Waals surface area contributed by atoms with Crippen LogP contribution in [0.5, 0.6) is 0 Å². The predicted octanol–water partition coefficient (Wildman–Crippen LogP) is 1.45. The van der Waals surface area contributed by atoms with E-state index in [-0.39, 0.29) is 5.91 Å². The molecule has 0 radical (unpaired) electrons. The molecular weight excluding hydrogens is 228 g/mol. The number of carbonyl (C=O) groups excluding carboxylic acids is 1. The van der Waals surface area contributed by atoms with E-state index in [1.165, 1.54) is 11.1 Å². The quantitative estimate of drug-likeness (QED) is 0.749. The highest BCUT2D eigenvalue weighted by Gasteiger charge is 2.12. The number of benzene rings is 1. The van der Waals surface area contributed by atoms with Gasteiger partial charge in [-0.2, -0.15) is 0 Å². The molecule has 0 saturated heterocycles. The number of hydrogen-bond acceptors (Lipinski definition) is 3. The Labute approximate surface area is 108 Å². The van der Waals surface area contributed by atoms with Gasteiger partial charge in [-0.25, -0.2) is 0 Å². The SMILES string of the molecule is CCOCCCNC(=O)c1ccc2c(c1)CNC2. The zero-order chi connectivity index (χ0) is 12.8. The molecule has 0 atom stereocenters. The van der Waals surface area contributed by atoms with Gasteiger partial charge in [0, 0.05) is 38.4 Å². The summed E-state index contributed by atoms with van der Waals surface area (Å²) in [6, 6.07) is 5.90. The second kappa shape index (κ2) is 6.52. The molecule has 1 aromatic rings. The first-order valence-electron chi connectivity index (χ1n) is 6.49. The zero-order valence-corrected chi connectivity index (χ0v) is 10.8. The standard InChI is InChI=1S/C14H20N2O2/c1-2-18-7-3-6-16-14(17)11-4-5-12-9-15-10-13(12)8-11/h4-5,8,15H,2-3,6-7,9-10H2,1H3,(H,16,17). The molecule has 18 heavy (non-hydrogen) atoms. The van der Waals surface area contributed by atoms with Gasteiger partial charge in [0.25, 0.3) is 5.91 Å². The summed E-state index contributed by atoms with van der Waals surface area (Å²) < 4.78 is 5.22. The third kappa shape index (κ3) is 3.31. The molecule has 2 rings (SSSR count). The van der Waals surface area contributed by atoms with Crippen molar-refractivity contribution in [3.8, 4) is 0 Å². The van der Waals surface area contributed by atoms with Crippen LogP contribution >= 0.6 is 0 Å². The maximum Gasteiger partial charge on any atom is 0.251 e. The van der Waals surface area contributed by atoms with Crippen molar-refractivity contribution in [1.82, 2.24) is 10.6 Å². The number of hydrogen-bond donors (Lipinski definition) is 2. The highest BCUT2D eigenvalue weighted by atomic mass is 16.5. The van der Waals surface area contributed by atoms with Gasteiger partial charge in [-0.15, -0.1) is 0 Å². The Morgan fingerprint density at radius 1 is 1.39 bits per heavy atom. The number of fused-ring (bicyclic) bond motifs is 1. The summed E-state index contributed by atoms with van der Waals surface area (Å²) in [6.45, 7) is 5.83. The van der Waals surface area contributed by atoms with Crippen LogP contribution in [0.3, 0.4) is 0 Å². The van der Waals surface area contributed by atoms with Crippen LogP contribution in [0.4, 0.5) is 0 Å². The van der Waals surface area contributed by atoms with E-state index in [9.17, 15) is 4.79 Å². The van der Waals surface area contributed by atoms with Crippen LogP contribution in [0.1, 0.15) is 34.8 Å². The minimum Gasteiger partial charge on any atom is -0.382 e. The van der Waals surface area contributed by atoms with Crippen LogP contribution in [-0.4, -0.2) is 25.7 Å². The molecule has 1 aliphatic rings. The van der Waals surface area contributed by atoms with E-state index in [4.69, 9.17) is 4.74 Å². The normalized spacial score (nSPS) is 13.4. The second-order valence-corrected chi connectivity index (χ2v) is 4.39. The van der Waals surface area contributed by atoms with Gasteiger partial charge in [0.2, 0.25) is 0 Å². The van der Waals surface area contributed by atoms with Crippen LogP contribution in [0.25, 0.3) is 0 Å². The van der Waals surface area contributed by atoms with Crippen molar-refractivity contribution >= 4 is 5.91 Å². The first-order chi connectivity index (χ1) is 8.81. The first-order valence-corrected chi connectivity index (χ1v) is 6.49. The van der Waals surface area contributed by atoms with E-state index in [1.54, 1.807) is 0 Å². The van der Waals surface area contributed by atoms with E-state index < -0.39 is 0 Å². The van der Waals surface area contributed by atoms with Crippen LogP contribution in [0.2, 0.25) is 0 Å². The Hall–Kier alpha value is -1.39. The fourth-order valence-corrected chi connectivity index (χ4v) is 2.06. The van der Waals surface area contributed by atoms with Gasteiger partial charge in [-0.3, -0.25) is 4.79 Å². The van der Waals surface area contributed by atoms with Crippen LogP contribution in [0.15, 0.2) is 18.2 Å². The summed E-state index contributed by atoms with van der Waals surface area (Å²) in [6.07, 6.45) is 0.853. The van der Waals surface area contributed by atoms with E-state index in [2.05, 4.69) is 10.6 Å². The van der Waals surface area contributed by atoms with Crippen molar-refractivity contribution in [2.75, 3.05) is 19.8 Å². The Balaban J connectivity index is 1.82. The number of nitrogens with one attached hydrogen (secondary N) is 2. The summed E-state index contributed by atoms with van der Waals surface area (Å²) in [5, 5.41) is 6.18. The minimum absolute atomic E-state index is 0.00111. The van der Waals surface area contributed by atoms with E-state index >= 15 is 0 Å². The first kappa shape index (κ1) is 13.1. The van der Waals surface area contributed by atoms with Crippen LogP contribution < -0.4 is 10.6 Å². The predicted molar refractivity (Wildman–Crippen MR) is 70.4 cm³/mol. The van der Waals surface area contributed by atoms with Crippen molar-refractivity contribution in [1.29, 1.82) is 0 Å². The van der Waals surface area contributed by atoms with Gasteiger partial charge < -0.3 is 15.4 Å². The van der Waals surface area contributed by atoms with Gasteiger partial charge in [0.1, 0.15) is 0 Å². The Kier molecular flexibility index (Phi) is 4.73. The lowest BCUT2D eigenvalue weighted by atomic mass is 10.1. The summed E-state index contributed by atoms with van der Waals surface area (Å²) in [5.41, 5.74) is 3.27. The molecule has 0 bridgehead atoms. The van der Waals surface area contributed by atoms with Crippen molar-refractivity contribution < 1.29 is 9.53 Å². The molecule has 1 amide bonds. The molecule has 0 spiro atoms. The third-order valence-corrected chi connectivity index (χ3v) is 3.05. The molecule has 1 heterocycles. The second-order valence-electron chi connectivity index (χ2n) is 4.39. The third-order valence-electron chi connectivity index (χ3n) is 3.05.